The first-order chi connectivity index (χ1) is 19.7. The van der Waals surface area contributed by atoms with Crippen LogP contribution in [0.2, 0.25) is 0 Å². The number of ether oxygens (including phenoxy) is 1. The second kappa shape index (κ2) is 12.4. The molecule has 1 aromatic heterocycles. The van der Waals surface area contributed by atoms with E-state index in [1.54, 1.807) is 54.1 Å². The highest BCUT2D eigenvalue weighted by molar-refractivity contribution is 5.99. The highest BCUT2D eigenvalue weighted by Gasteiger charge is 2.18. The first-order valence-corrected chi connectivity index (χ1v) is 13.8. The number of Topliss-reactive ketones (excluding diaryl/α,β-unsaturated/α-hetero) is 1. The number of fused-ring (bicyclic) bond motifs is 1. The zero-order valence-corrected chi connectivity index (χ0v) is 24.2. The quantitative estimate of drug-likeness (QED) is 0.193. The van der Waals surface area contributed by atoms with Gasteiger partial charge in [-0.3, -0.25) is 14.2 Å². The predicted molar refractivity (Wildman–Crippen MR) is 171 cm³/mol. The number of carbonyl (C=O) groups is 1. The summed E-state index contributed by atoms with van der Waals surface area (Å²) < 4.78 is 8.07. The Bertz CT molecular complexity index is 1860. The van der Waals surface area contributed by atoms with Crippen molar-refractivity contribution < 1.29 is 9.53 Å². The number of aryl methyl sites for hydroxylation is 5. The third kappa shape index (κ3) is 5.98. The van der Waals surface area contributed by atoms with Gasteiger partial charge in [-0.2, -0.15) is 0 Å². The van der Waals surface area contributed by atoms with E-state index < -0.39 is 11.2 Å². The summed E-state index contributed by atoms with van der Waals surface area (Å²) in [5.41, 5.74) is 7.04. The molecule has 5 aromatic rings. The molecule has 0 bridgehead atoms. The summed E-state index contributed by atoms with van der Waals surface area (Å²) in [5.74, 6) is 0.594. The van der Waals surface area contributed by atoms with Crippen molar-refractivity contribution in [1.29, 1.82) is 0 Å². The Morgan fingerprint density at radius 1 is 0.786 bits per heavy atom. The third-order valence-corrected chi connectivity index (χ3v) is 7.71. The van der Waals surface area contributed by atoms with E-state index in [4.69, 9.17) is 4.74 Å². The molecule has 0 saturated heterocycles. The summed E-state index contributed by atoms with van der Waals surface area (Å²) in [5, 5.41) is 0.373. The average molecular weight is 563 g/mol. The summed E-state index contributed by atoms with van der Waals surface area (Å²) in [7, 11) is 1.57. The maximum Gasteiger partial charge on any atom is 0.336 e. The maximum atomic E-state index is 14.1. The van der Waals surface area contributed by atoms with Crippen molar-refractivity contribution in [2.24, 2.45) is 0 Å². The second-order valence-corrected chi connectivity index (χ2v) is 10.7. The summed E-state index contributed by atoms with van der Waals surface area (Å²) in [6.07, 6.45) is 0.947. The number of hydrogen-bond donors (Lipinski definition) is 0. The molecule has 1 heterocycles. The minimum Gasteiger partial charge on any atom is -0.497 e. The molecule has 0 N–H and O–H groups in total. The lowest BCUT2D eigenvalue weighted by atomic mass is 9.99. The fourth-order valence-corrected chi connectivity index (χ4v) is 5.43. The molecular formula is C36H38N2O4. The van der Waals surface area contributed by atoms with Gasteiger partial charge in [0.1, 0.15) is 5.75 Å². The van der Waals surface area contributed by atoms with Crippen LogP contribution in [-0.2, 0) is 13.0 Å². The molecule has 42 heavy (non-hydrogen) atoms. The maximum absolute atomic E-state index is 14.1. The van der Waals surface area contributed by atoms with E-state index in [-0.39, 0.29) is 19.8 Å². The van der Waals surface area contributed by atoms with Gasteiger partial charge < -0.3 is 4.74 Å². The molecule has 0 aliphatic rings. The fraction of sp³-hybridized carbons (Fsp3) is 0.250. The van der Waals surface area contributed by atoms with Gasteiger partial charge in [0.25, 0.3) is 5.56 Å². The minimum atomic E-state index is -0.462. The molecule has 0 radical (unpaired) electrons. The number of rotatable bonds is 8. The smallest absolute Gasteiger partial charge is 0.336 e. The highest BCUT2D eigenvalue weighted by atomic mass is 16.5. The molecule has 0 aliphatic carbocycles. The molecule has 5 rings (SSSR count). The Morgan fingerprint density at radius 2 is 1.43 bits per heavy atom. The van der Waals surface area contributed by atoms with Crippen molar-refractivity contribution in [3.05, 3.63) is 139 Å². The number of ketones is 1. The number of aromatic nitrogens is 2. The third-order valence-electron chi connectivity index (χ3n) is 7.71. The first-order valence-electron chi connectivity index (χ1n) is 13.8. The topological polar surface area (TPSA) is 70.3 Å². The second-order valence-electron chi connectivity index (χ2n) is 10.7. The van der Waals surface area contributed by atoms with Gasteiger partial charge in [0.2, 0.25) is 0 Å². The van der Waals surface area contributed by atoms with Crippen LogP contribution in [0.15, 0.2) is 88.5 Å². The van der Waals surface area contributed by atoms with E-state index in [1.165, 1.54) is 10.1 Å². The molecule has 6 nitrogen and oxygen atoms in total. The molecule has 0 aliphatic heterocycles. The van der Waals surface area contributed by atoms with Gasteiger partial charge in [-0.05, 0) is 92.8 Å². The van der Waals surface area contributed by atoms with E-state index in [0.29, 0.717) is 40.7 Å². The van der Waals surface area contributed by atoms with Crippen LogP contribution in [-0.4, -0.2) is 22.0 Å². The normalized spacial score (nSPS) is 10.9. The van der Waals surface area contributed by atoms with Crippen molar-refractivity contribution in [3.8, 4) is 11.4 Å². The van der Waals surface area contributed by atoms with Crippen molar-refractivity contribution >= 4 is 16.7 Å². The van der Waals surface area contributed by atoms with Gasteiger partial charge in [-0.15, -0.1) is 0 Å². The number of benzene rings is 4. The lowest BCUT2D eigenvalue weighted by Crippen LogP contribution is -2.39. The van der Waals surface area contributed by atoms with E-state index in [0.717, 1.165) is 27.8 Å². The average Bonchev–Trinajstić information content (AvgIpc) is 2.96. The fourth-order valence-electron chi connectivity index (χ4n) is 5.43. The number of carbonyl (C=O) groups excluding carboxylic acids is 1. The Labute approximate surface area is 246 Å². The van der Waals surface area contributed by atoms with Crippen LogP contribution in [0.4, 0.5) is 0 Å². The van der Waals surface area contributed by atoms with Crippen LogP contribution in [0.25, 0.3) is 16.6 Å². The van der Waals surface area contributed by atoms with Crippen LogP contribution in [0, 0.1) is 27.7 Å². The van der Waals surface area contributed by atoms with E-state index in [1.807, 2.05) is 52.0 Å². The Kier molecular flexibility index (Phi) is 8.96. The predicted octanol–water partition coefficient (Wildman–Crippen LogP) is 6.89. The Morgan fingerprint density at radius 3 is 2.05 bits per heavy atom. The van der Waals surface area contributed by atoms with Gasteiger partial charge in [0, 0.05) is 12.0 Å². The van der Waals surface area contributed by atoms with Crippen LogP contribution in [0.5, 0.6) is 5.75 Å². The van der Waals surface area contributed by atoms with Gasteiger partial charge in [0.15, 0.2) is 5.78 Å². The molecule has 0 saturated carbocycles. The van der Waals surface area contributed by atoms with Crippen LogP contribution >= 0.6 is 0 Å². The van der Waals surface area contributed by atoms with Crippen molar-refractivity contribution in [2.75, 3.05) is 7.11 Å². The van der Waals surface area contributed by atoms with Crippen LogP contribution in [0.1, 0.15) is 57.6 Å². The van der Waals surface area contributed by atoms with E-state index >= 15 is 0 Å². The zero-order valence-electron chi connectivity index (χ0n) is 24.2. The number of methoxy groups -OCH3 is 1. The standard InChI is InChI=1S/C35H34N2O4.CH4/c1-22-6-8-26(9-7-22)10-17-33(38)27-11-16-30-32(20-27)36(21-31-24(3)18-23(2)19-25(31)4)35(40)37(34(30)39)28-12-14-29(41-5)15-13-28;/h6-9,11-16,18-20H,10,17,21H2,1-5H3;1H4. The number of nitrogens with zero attached hydrogens (tertiary/aromatic N) is 2. The lowest BCUT2D eigenvalue weighted by molar-refractivity contribution is 0.0983. The molecule has 0 amide bonds. The first kappa shape index (κ1) is 30.3. The summed E-state index contributed by atoms with van der Waals surface area (Å²) >= 11 is 0. The highest BCUT2D eigenvalue weighted by Crippen LogP contribution is 2.21. The van der Waals surface area contributed by atoms with Gasteiger partial charge >= 0.3 is 5.69 Å². The Balaban J connectivity index is 0.00000405. The molecule has 0 fully saturated rings. The molecule has 0 spiro atoms. The SMILES string of the molecule is C.COc1ccc(-n2c(=O)c3ccc(C(=O)CCc4ccc(C)cc4)cc3n(Cc3c(C)cc(C)cc3C)c2=O)cc1. The summed E-state index contributed by atoms with van der Waals surface area (Å²) in [6.45, 7) is 8.41. The monoisotopic (exact) mass is 562 g/mol. The van der Waals surface area contributed by atoms with Crippen LogP contribution < -0.4 is 16.0 Å². The lowest BCUT2D eigenvalue weighted by Gasteiger charge is -2.18. The van der Waals surface area contributed by atoms with Crippen molar-refractivity contribution in [3.63, 3.8) is 0 Å². The Hall–Kier alpha value is -4.71. The molecule has 216 valence electrons. The minimum absolute atomic E-state index is 0. The van der Waals surface area contributed by atoms with Crippen molar-refractivity contribution in [2.45, 2.75) is 54.5 Å². The zero-order chi connectivity index (χ0) is 29.3. The molecule has 0 atom stereocenters. The molecular weight excluding hydrogens is 524 g/mol. The molecule has 0 unspecified atom stereocenters. The van der Waals surface area contributed by atoms with Gasteiger partial charge in [-0.25, -0.2) is 9.36 Å². The van der Waals surface area contributed by atoms with E-state index in [9.17, 15) is 14.4 Å². The molecule has 4 aromatic carbocycles. The van der Waals surface area contributed by atoms with Crippen LogP contribution in [0.3, 0.4) is 0 Å². The molecule has 6 heteroatoms. The number of hydrogen-bond acceptors (Lipinski definition) is 4. The van der Waals surface area contributed by atoms with E-state index in [2.05, 4.69) is 12.1 Å². The summed E-state index contributed by atoms with van der Waals surface area (Å²) in [4.78, 5) is 41.1. The van der Waals surface area contributed by atoms with Gasteiger partial charge in [-0.1, -0.05) is 61.0 Å². The van der Waals surface area contributed by atoms with Gasteiger partial charge in [0.05, 0.1) is 30.2 Å². The largest absolute Gasteiger partial charge is 0.497 e. The summed E-state index contributed by atoms with van der Waals surface area (Å²) in [6, 6.07) is 24.2. The van der Waals surface area contributed by atoms with Crippen molar-refractivity contribution in [1.82, 2.24) is 9.13 Å².